The lowest BCUT2D eigenvalue weighted by Gasteiger charge is -2.31. The summed E-state index contributed by atoms with van der Waals surface area (Å²) in [4.78, 5) is 0. The maximum absolute atomic E-state index is 4.29. The van der Waals surface area contributed by atoms with Crippen LogP contribution in [0.5, 0.6) is 0 Å². The minimum atomic E-state index is 0.141. The number of hydrogen-bond donors (Lipinski definition) is 0. The number of allylic oxidation sites excluding steroid dienone is 2. The quantitative estimate of drug-likeness (QED) is 0.481. The van der Waals surface area contributed by atoms with Gasteiger partial charge in [-0.1, -0.05) is 78.3 Å². The minimum Gasteiger partial charge on any atom is -0.100 e. The summed E-state index contributed by atoms with van der Waals surface area (Å²) in [5.74, 6) is 0. The highest BCUT2D eigenvalue weighted by Crippen LogP contribution is 2.37. The van der Waals surface area contributed by atoms with Gasteiger partial charge in [-0.25, -0.2) is 0 Å². The maximum atomic E-state index is 4.29. The first-order valence-electron chi connectivity index (χ1n) is 9.34. The van der Waals surface area contributed by atoms with E-state index in [1.54, 1.807) is 0 Å². The van der Waals surface area contributed by atoms with Crippen LogP contribution < -0.4 is 0 Å². The van der Waals surface area contributed by atoms with E-state index in [1.165, 1.54) is 33.4 Å². The monoisotopic (exact) mass is 326 g/mol. The summed E-state index contributed by atoms with van der Waals surface area (Å²) in [6, 6.07) is 4.88. The van der Waals surface area contributed by atoms with Crippen molar-refractivity contribution >= 4 is 0 Å². The summed E-state index contributed by atoms with van der Waals surface area (Å²) >= 11 is 0. The Bertz CT molecular complexity index is 565. The Balaban J connectivity index is 3.57. The van der Waals surface area contributed by atoms with E-state index in [4.69, 9.17) is 0 Å². The Hall–Kier alpha value is -1.30. The van der Waals surface area contributed by atoms with Crippen LogP contribution in [-0.4, -0.2) is 0 Å². The fourth-order valence-electron chi connectivity index (χ4n) is 3.14. The molecule has 0 amide bonds. The first-order chi connectivity index (χ1) is 10.9. The molecule has 0 aliphatic carbocycles. The predicted molar refractivity (Wildman–Crippen MR) is 110 cm³/mol. The van der Waals surface area contributed by atoms with Crippen LogP contribution in [0.25, 0.3) is 0 Å². The van der Waals surface area contributed by atoms with Gasteiger partial charge in [-0.15, -0.1) is 6.58 Å². The van der Waals surface area contributed by atoms with Crippen molar-refractivity contribution in [3.63, 3.8) is 0 Å². The third kappa shape index (κ3) is 5.65. The van der Waals surface area contributed by atoms with Gasteiger partial charge in [0.1, 0.15) is 0 Å². The summed E-state index contributed by atoms with van der Waals surface area (Å²) in [6.07, 6.45) is 4.19. The number of aryl methyl sites for hydroxylation is 1. The van der Waals surface area contributed by atoms with Crippen molar-refractivity contribution in [3.8, 4) is 0 Å². The molecule has 1 rings (SSSR count). The Kier molecular flexibility index (Phi) is 6.67. The van der Waals surface area contributed by atoms with Crippen molar-refractivity contribution in [1.82, 2.24) is 0 Å². The van der Waals surface area contributed by atoms with Gasteiger partial charge in [0, 0.05) is 0 Å². The normalized spacial score (nSPS) is 12.3. The van der Waals surface area contributed by atoms with Crippen molar-refractivity contribution in [1.29, 1.82) is 0 Å². The molecule has 0 aromatic heterocycles. The van der Waals surface area contributed by atoms with Crippen LogP contribution in [-0.2, 0) is 23.7 Å². The lowest BCUT2D eigenvalue weighted by atomic mass is 9.73. The van der Waals surface area contributed by atoms with E-state index in [2.05, 4.69) is 80.7 Å². The van der Waals surface area contributed by atoms with Gasteiger partial charge < -0.3 is 0 Å². The second kappa shape index (κ2) is 7.72. The van der Waals surface area contributed by atoms with Gasteiger partial charge in [0.2, 0.25) is 0 Å². The number of benzene rings is 1. The van der Waals surface area contributed by atoms with Crippen molar-refractivity contribution < 1.29 is 0 Å². The molecule has 0 unspecified atom stereocenters. The van der Waals surface area contributed by atoms with E-state index in [-0.39, 0.29) is 10.8 Å². The molecule has 0 heterocycles. The fraction of sp³-hybridized carbons (Fsp3) is 0.583. The Morgan fingerprint density at radius 1 is 0.917 bits per heavy atom. The first-order valence-corrected chi connectivity index (χ1v) is 9.34. The lowest BCUT2D eigenvalue weighted by Crippen LogP contribution is -2.22. The van der Waals surface area contributed by atoms with E-state index in [0.717, 1.165) is 25.7 Å². The molecule has 24 heavy (non-hydrogen) atoms. The summed E-state index contributed by atoms with van der Waals surface area (Å²) in [6.45, 7) is 26.7. The molecule has 134 valence electrons. The Morgan fingerprint density at radius 2 is 1.38 bits per heavy atom. The van der Waals surface area contributed by atoms with Crippen molar-refractivity contribution in [3.05, 3.63) is 58.7 Å². The predicted octanol–water partition coefficient (Wildman–Crippen LogP) is 7.30. The zero-order valence-corrected chi connectivity index (χ0v) is 17.4. The van der Waals surface area contributed by atoms with Crippen molar-refractivity contribution in [2.75, 3.05) is 0 Å². The van der Waals surface area contributed by atoms with E-state index in [1.807, 2.05) is 0 Å². The van der Waals surface area contributed by atoms with E-state index < -0.39 is 0 Å². The first kappa shape index (κ1) is 20.7. The number of hydrogen-bond acceptors (Lipinski definition) is 0. The summed E-state index contributed by atoms with van der Waals surface area (Å²) in [5.41, 5.74) is 8.78. The molecule has 0 spiro atoms. The van der Waals surface area contributed by atoms with Crippen LogP contribution in [0.2, 0.25) is 0 Å². The Morgan fingerprint density at radius 3 is 1.71 bits per heavy atom. The zero-order valence-electron chi connectivity index (χ0n) is 17.4. The van der Waals surface area contributed by atoms with Crippen LogP contribution in [0.4, 0.5) is 0 Å². The van der Waals surface area contributed by atoms with Crippen LogP contribution in [0.15, 0.2) is 36.4 Å². The highest BCUT2D eigenvalue weighted by Gasteiger charge is 2.26. The molecule has 0 N–H and O–H groups in total. The molecule has 0 aliphatic heterocycles. The van der Waals surface area contributed by atoms with Crippen LogP contribution >= 0.6 is 0 Å². The molecule has 0 bridgehead atoms. The second-order valence-corrected chi connectivity index (χ2v) is 9.41. The topological polar surface area (TPSA) is 0 Å². The zero-order chi connectivity index (χ0) is 18.7. The van der Waals surface area contributed by atoms with Crippen molar-refractivity contribution in [2.24, 2.45) is 0 Å². The molecule has 0 heteroatoms. The highest BCUT2D eigenvalue weighted by atomic mass is 14.3. The second-order valence-electron chi connectivity index (χ2n) is 9.41. The van der Waals surface area contributed by atoms with Gasteiger partial charge in [0.15, 0.2) is 0 Å². The third-order valence-electron chi connectivity index (χ3n) is 4.69. The molecule has 0 nitrogen and oxygen atoms in total. The highest BCUT2D eigenvalue weighted by molar-refractivity contribution is 5.47. The lowest BCUT2D eigenvalue weighted by molar-refractivity contribution is 0.555. The van der Waals surface area contributed by atoms with Crippen LogP contribution in [0, 0.1) is 0 Å². The molecule has 0 saturated carbocycles. The van der Waals surface area contributed by atoms with Crippen LogP contribution in [0.1, 0.15) is 90.5 Å². The minimum absolute atomic E-state index is 0.141. The van der Waals surface area contributed by atoms with Gasteiger partial charge in [-0.3, -0.25) is 0 Å². The van der Waals surface area contributed by atoms with Gasteiger partial charge in [0.25, 0.3) is 0 Å². The molecule has 0 fully saturated rings. The molecule has 0 atom stereocenters. The van der Waals surface area contributed by atoms with Crippen LogP contribution in [0.3, 0.4) is 0 Å². The number of rotatable bonds is 6. The molecule has 1 aromatic rings. The average Bonchev–Trinajstić information content (AvgIpc) is 2.43. The molecule has 0 saturated heterocycles. The largest absolute Gasteiger partial charge is 0.100 e. The maximum Gasteiger partial charge on any atom is -0.00640 e. The average molecular weight is 327 g/mol. The van der Waals surface area contributed by atoms with Gasteiger partial charge in [-0.05, 0) is 65.7 Å². The Labute approximate surface area is 151 Å². The summed E-state index contributed by atoms with van der Waals surface area (Å²) < 4.78 is 0. The van der Waals surface area contributed by atoms with Gasteiger partial charge >= 0.3 is 0 Å². The fourth-order valence-corrected chi connectivity index (χ4v) is 3.14. The van der Waals surface area contributed by atoms with Gasteiger partial charge in [0.05, 0.1) is 0 Å². The summed E-state index contributed by atoms with van der Waals surface area (Å²) in [7, 11) is 0. The standard InChI is InChI=1S/C24H38/c1-11-18(4)14-20-21(23(5,6)7)15-19(13-12-17(2)3)16-22(20)24(8,9)10/h15-16H,2,4,11-14H2,1,3,5-10H3. The van der Waals surface area contributed by atoms with Crippen molar-refractivity contribution in [2.45, 2.75) is 91.9 Å². The van der Waals surface area contributed by atoms with E-state index in [9.17, 15) is 0 Å². The molecule has 0 aliphatic rings. The van der Waals surface area contributed by atoms with E-state index in [0.29, 0.717) is 0 Å². The molecular formula is C24H38. The summed E-state index contributed by atoms with van der Waals surface area (Å²) in [5, 5.41) is 0. The third-order valence-corrected chi connectivity index (χ3v) is 4.69. The molecule has 0 radical (unpaired) electrons. The smallest absolute Gasteiger partial charge is 0.00640 e. The molecular weight excluding hydrogens is 288 g/mol. The van der Waals surface area contributed by atoms with Gasteiger partial charge in [-0.2, -0.15) is 0 Å². The molecule has 1 aromatic carbocycles. The van der Waals surface area contributed by atoms with E-state index >= 15 is 0 Å². The SMILES string of the molecule is C=C(C)CCc1cc(C(C)(C)C)c(CC(=C)CC)c(C(C)(C)C)c1.